The lowest BCUT2D eigenvalue weighted by Gasteiger charge is -2.06. The van der Waals surface area contributed by atoms with Crippen molar-refractivity contribution >= 4 is 5.91 Å². The molecule has 118 valence electrons. The maximum Gasteiger partial charge on any atom is 0.269 e. The van der Waals surface area contributed by atoms with Gasteiger partial charge in [0.1, 0.15) is 11.4 Å². The highest BCUT2D eigenvalue weighted by Crippen LogP contribution is 2.23. The summed E-state index contributed by atoms with van der Waals surface area (Å²) in [5, 5.41) is 7.35. The van der Waals surface area contributed by atoms with E-state index >= 15 is 0 Å². The molecule has 0 radical (unpaired) electrons. The molecule has 1 aromatic heterocycles. The molecule has 0 unspecified atom stereocenters. The third-order valence-corrected chi connectivity index (χ3v) is 3.49. The number of carbonyl (C=O) groups is 1. The first kappa shape index (κ1) is 16.1. The molecule has 0 saturated carbocycles. The molecule has 0 aliphatic carbocycles. The Labute approximate surface area is 131 Å². The second kappa shape index (κ2) is 7.11. The molecule has 0 aliphatic heterocycles. The zero-order chi connectivity index (χ0) is 16.1. The number of ether oxygens (including phenoxy) is 1. The number of nitrogens with zero attached hydrogens (tertiary/aromatic N) is 2. The van der Waals surface area contributed by atoms with Crippen LogP contribution in [-0.2, 0) is 7.05 Å². The van der Waals surface area contributed by atoms with Gasteiger partial charge in [-0.3, -0.25) is 9.48 Å². The number of carbonyl (C=O) groups excluding carboxylic acids is 1. The quantitative estimate of drug-likeness (QED) is 0.892. The summed E-state index contributed by atoms with van der Waals surface area (Å²) in [6.45, 7) is 4.95. The van der Waals surface area contributed by atoms with Crippen LogP contribution in [0.1, 0.15) is 30.8 Å². The molecular formula is C17H23N3O2. The van der Waals surface area contributed by atoms with E-state index in [1.165, 1.54) is 0 Å². The number of benzene rings is 1. The number of aromatic nitrogens is 2. The number of rotatable bonds is 6. The van der Waals surface area contributed by atoms with Gasteiger partial charge < -0.3 is 10.1 Å². The zero-order valence-corrected chi connectivity index (χ0v) is 13.6. The Morgan fingerprint density at radius 3 is 2.82 bits per heavy atom. The first-order chi connectivity index (χ1) is 10.5. The van der Waals surface area contributed by atoms with Crippen molar-refractivity contribution in [2.24, 2.45) is 13.0 Å². The Balaban J connectivity index is 2.15. The SMILES string of the molecule is COc1cccc(-c2cc(C(=O)NCCC(C)C)n(C)n2)c1. The molecule has 0 spiro atoms. The van der Waals surface area contributed by atoms with Crippen LogP contribution in [0.5, 0.6) is 5.75 Å². The van der Waals surface area contributed by atoms with E-state index in [4.69, 9.17) is 4.74 Å². The maximum atomic E-state index is 12.2. The van der Waals surface area contributed by atoms with E-state index in [0.717, 1.165) is 23.4 Å². The molecule has 1 heterocycles. The fraction of sp³-hybridized carbons (Fsp3) is 0.412. The van der Waals surface area contributed by atoms with E-state index in [1.54, 1.807) is 24.9 Å². The summed E-state index contributed by atoms with van der Waals surface area (Å²) >= 11 is 0. The van der Waals surface area contributed by atoms with Crippen molar-refractivity contribution in [1.82, 2.24) is 15.1 Å². The number of aryl methyl sites for hydroxylation is 1. The van der Waals surface area contributed by atoms with Gasteiger partial charge in [-0.05, 0) is 30.5 Å². The molecule has 5 nitrogen and oxygen atoms in total. The average Bonchev–Trinajstić information content (AvgIpc) is 2.89. The lowest BCUT2D eigenvalue weighted by Crippen LogP contribution is -2.27. The summed E-state index contributed by atoms with van der Waals surface area (Å²) in [5.41, 5.74) is 2.24. The molecule has 5 heteroatoms. The summed E-state index contributed by atoms with van der Waals surface area (Å²) in [6.07, 6.45) is 0.965. The van der Waals surface area contributed by atoms with Crippen LogP contribution in [0.25, 0.3) is 11.3 Å². The van der Waals surface area contributed by atoms with Crippen LogP contribution < -0.4 is 10.1 Å². The zero-order valence-electron chi connectivity index (χ0n) is 13.6. The fourth-order valence-corrected chi connectivity index (χ4v) is 2.17. The number of hydrogen-bond donors (Lipinski definition) is 1. The van der Waals surface area contributed by atoms with Crippen molar-refractivity contribution in [3.63, 3.8) is 0 Å². The lowest BCUT2D eigenvalue weighted by molar-refractivity contribution is 0.0942. The molecule has 0 atom stereocenters. The van der Waals surface area contributed by atoms with Gasteiger partial charge in [-0.25, -0.2) is 0 Å². The summed E-state index contributed by atoms with van der Waals surface area (Å²) in [4.78, 5) is 12.2. The largest absolute Gasteiger partial charge is 0.497 e. The number of amides is 1. The minimum absolute atomic E-state index is 0.0928. The Morgan fingerprint density at radius 2 is 2.14 bits per heavy atom. The molecular weight excluding hydrogens is 278 g/mol. The predicted molar refractivity (Wildman–Crippen MR) is 87.0 cm³/mol. The summed E-state index contributed by atoms with van der Waals surface area (Å²) < 4.78 is 6.83. The Morgan fingerprint density at radius 1 is 1.36 bits per heavy atom. The molecule has 2 aromatic rings. The van der Waals surface area contributed by atoms with Crippen molar-refractivity contribution in [3.05, 3.63) is 36.0 Å². The van der Waals surface area contributed by atoms with Gasteiger partial charge in [0.05, 0.1) is 12.8 Å². The third-order valence-electron chi connectivity index (χ3n) is 3.49. The van der Waals surface area contributed by atoms with Crippen LogP contribution >= 0.6 is 0 Å². The van der Waals surface area contributed by atoms with Gasteiger partial charge in [-0.1, -0.05) is 26.0 Å². The molecule has 1 amide bonds. The van der Waals surface area contributed by atoms with Gasteiger partial charge >= 0.3 is 0 Å². The van der Waals surface area contributed by atoms with Crippen molar-refractivity contribution in [2.75, 3.05) is 13.7 Å². The van der Waals surface area contributed by atoms with Crippen molar-refractivity contribution in [1.29, 1.82) is 0 Å². The number of hydrogen-bond acceptors (Lipinski definition) is 3. The van der Waals surface area contributed by atoms with Gasteiger partial charge in [-0.15, -0.1) is 0 Å². The summed E-state index contributed by atoms with van der Waals surface area (Å²) in [5.74, 6) is 1.25. The first-order valence-electron chi connectivity index (χ1n) is 7.48. The molecule has 22 heavy (non-hydrogen) atoms. The number of nitrogens with one attached hydrogen (secondary N) is 1. The van der Waals surface area contributed by atoms with Gasteiger partial charge in [0.25, 0.3) is 5.91 Å². The average molecular weight is 301 g/mol. The van der Waals surface area contributed by atoms with Gasteiger partial charge in [0, 0.05) is 19.2 Å². The molecule has 0 aliphatic rings. The Hall–Kier alpha value is -2.30. The summed E-state index contributed by atoms with van der Waals surface area (Å²) in [7, 11) is 3.41. The van der Waals surface area contributed by atoms with Crippen molar-refractivity contribution in [3.8, 4) is 17.0 Å². The standard InChI is InChI=1S/C17H23N3O2/c1-12(2)8-9-18-17(21)16-11-15(19-20(16)3)13-6-5-7-14(10-13)22-4/h5-7,10-12H,8-9H2,1-4H3,(H,18,21). The van der Waals surface area contributed by atoms with Crippen LogP contribution in [0.2, 0.25) is 0 Å². The third kappa shape index (κ3) is 3.87. The molecule has 0 bridgehead atoms. The molecule has 1 aromatic carbocycles. The predicted octanol–water partition coefficient (Wildman–Crippen LogP) is 2.87. The minimum Gasteiger partial charge on any atom is -0.497 e. The van der Waals surface area contributed by atoms with E-state index in [2.05, 4.69) is 24.3 Å². The van der Waals surface area contributed by atoms with E-state index in [1.807, 2.05) is 24.3 Å². The van der Waals surface area contributed by atoms with Crippen LogP contribution in [0, 0.1) is 5.92 Å². The maximum absolute atomic E-state index is 12.2. The lowest BCUT2D eigenvalue weighted by atomic mass is 10.1. The monoisotopic (exact) mass is 301 g/mol. The second-order valence-electron chi connectivity index (χ2n) is 5.71. The van der Waals surface area contributed by atoms with Crippen LogP contribution in [0.3, 0.4) is 0 Å². The van der Waals surface area contributed by atoms with Gasteiger partial charge in [0.15, 0.2) is 0 Å². The minimum atomic E-state index is -0.0928. The molecule has 1 N–H and O–H groups in total. The highest BCUT2D eigenvalue weighted by molar-refractivity contribution is 5.93. The van der Waals surface area contributed by atoms with E-state index < -0.39 is 0 Å². The van der Waals surface area contributed by atoms with Crippen LogP contribution in [0.4, 0.5) is 0 Å². The van der Waals surface area contributed by atoms with Crippen LogP contribution in [-0.4, -0.2) is 29.3 Å². The van der Waals surface area contributed by atoms with E-state index in [0.29, 0.717) is 18.2 Å². The fourth-order valence-electron chi connectivity index (χ4n) is 2.17. The topological polar surface area (TPSA) is 56.1 Å². The van der Waals surface area contributed by atoms with Crippen LogP contribution in [0.15, 0.2) is 30.3 Å². The Bertz CT molecular complexity index is 647. The number of methoxy groups -OCH3 is 1. The molecule has 0 fully saturated rings. The normalized spacial score (nSPS) is 10.8. The first-order valence-corrected chi connectivity index (χ1v) is 7.48. The van der Waals surface area contributed by atoms with Gasteiger partial charge in [-0.2, -0.15) is 5.10 Å². The highest BCUT2D eigenvalue weighted by atomic mass is 16.5. The van der Waals surface area contributed by atoms with E-state index in [-0.39, 0.29) is 5.91 Å². The second-order valence-corrected chi connectivity index (χ2v) is 5.71. The van der Waals surface area contributed by atoms with Crippen molar-refractivity contribution < 1.29 is 9.53 Å². The van der Waals surface area contributed by atoms with Crippen molar-refractivity contribution in [2.45, 2.75) is 20.3 Å². The van der Waals surface area contributed by atoms with Gasteiger partial charge in [0.2, 0.25) is 0 Å². The smallest absolute Gasteiger partial charge is 0.269 e. The molecule has 0 saturated heterocycles. The molecule has 2 rings (SSSR count). The highest BCUT2D eigenvalue weighted by Gasteiger charge is 2.14. The summed E-state index contributed by atoms with van der Waals surface area (Å²) in [6, 6.07) is 9.45. The Kier molecular flexibility index (Phi) is 5.20. The van der Waals surface area contributed by atoms with E-state index in [9.17, 15) is 4.79 Å².